The number of benzene rings is 1. The van der Waals surface area contributed by atoms with Gasteiger partial charge in [-0.2, -0.15) is 0 Å². The van der Waals surface area contributed by atoms with Crippen molar-refractivity contribution in [3.63, 3.8) is 0 Å². The highest BCUT2D eigenvalue weighted by Crippen LogP contribution is 2.10. The van der Waals surface area contributed by atoms with Crippen molar-refractivity contribution in [1.82, 2.24) is 21.3 Å². The molecule has 0 bridgehead atoms. The number of hydrogen-bond donors (Lipinski definition) is 5. The molecule has 0 aliphatic rings. The van der Waals surface area contributed by atoms with Crippen LogP contribution in [-0.2, 0) is 24.2 Å². The number of sulfone groups is 1. The lowest BCUT2D eigenvalue weighted by atomic mass is 10.0. The third kappa shape index (κ3) is 12.3. The molecular weight excluding hydrogens is 484 g/mol. The molecule has 4 atom stereocenters. The lowest BCUT2D eigenvalue weighted by molar-refractivity contribution is -0.134. The SMILES string of the molecule is CCCC(NC(=O)C(CS(C)(=O)=O)NC)C(O)C(=O)NCC(=O)N[C@H](C)c1ccccc1.CCl. The van der Waals surface area contributed by atoms with E-state index >= 15 is 0 Å². The van der Waals surface area contributed by atoms with Gasteiger partial charge in [0, 0.05) is 12.6 Å². The average molecular weight is 521 g/mol. The predicted octanol–water partition coefficient (Wildman–Crippen LogP) is 0.113. The third-order valence-electron chi connectivity index (χ3n) is 4.81. The summed E-state index contributed by atoms with van der Waals surface area (Å²) in [7, 11) is -1.98. The van der Waals surface area contributed by atoms with Gasteiger partial charge >= 0.3 is 0 Å². The van der Waals surface area contributed by atoms with Gasteiger partial charge in [0.15, 0.2) is 6.10 Å². The number of aliphatic hydroxyl groups is 1. The molecule has 0 aromatic heterocycles. The minimum atomic E-state index is -3.42. The summed E-state index contributed by atoms with van der Waals surface area (Å²) in [5, 5.41) is 20.7. The van der Waals surface area contributed by atoms with Gasteiger partial charge in [-0.05, 0) is 26.0 Å². The van der Waals surface area contributed by atoms with E-state index in [9.17, 15) is 27.9 Å². The number of rotatable bonds is 13. The van der Waals surface area contributed by atoms with Crippen molar-refractivity contribution in [3.8, 4) is 0 Å². The van der Waals surface area contributed by atoms with E-state index in [-0.39, 0.29) is 19.0 Å². The minimum Gasteiger partial charge on any atom is -0.381 e. The molecule has 1 aromatic rings. The lowest BCUT2D eigenvalue weighted by Gasteiger charge is -2.25. The van der Waals surface area contributed by atoms with E-state index in [0.717, 1.165) is 11.8 Å². The highest BCUT2D eigenvalue weighted by atomic mass is 35.5. The van der Waals surface area contributed by atoms with Crippen LogP contribution in [0.15, 0.2) is 30.3 Å². The number of hydrogen-bond acceptors (Lipinski definition) is 7. The first-order valence-corrected chi connectivity index (χ1v) is 13.6. The average Bonchev–Trinajstić information content (AvgIpc) is 2.81. The van der Waals surface area contributed by atoms with Crippen LogP contribution in [0.5, 0.6) is 0 Å². The van der Waals surface area contributed by atoms with Crippen LogP contribution in [-0.4, -0.2) is 81.4 Å². The van der Waals surface area contributed by atoms with Crippen LogP contribution >= 0.6 is 11.6 Å². The van der Waals surface area contributed by atoms with E-state index in [4.69, 9.17) is 0 Å². The van der Waals surface area contributed by atoms with Crippen LogP contribution in [0.4, 0.5) is 0 Å². The van der Waals surface area contributed by atoms with Crippen LogP contribution in [0.1, 0.15) is 38.3 Å². The van der Waals surface area contributed by atoms with Crippen LogP contribution in [0.25, 0.3) is 0 Å². The summed E-state index contributed by atoms with van der Waals surface area (Å²) in [6.07, 6.45) is 1.72. The van der Waals surface area contributed by atoms with Crippen molar-refractivity contribution in [3.05, 3.63) is 35.9 Å². The molecule has 0 aliphatic carbocycles. The second-order valence-electron chi connectivity index (χ2n) is 7.70. The Bertz CT molecular complexity index is 869. The van der Waals surface area contributed by atoms with Crippen LogP contribution in [0.3, 0.4) is 0 Å². The summed E-state index contributed by atoms with van der Waals surface area (Å²) < 4.78 is 23.0. The van der Waals surface area contributed by atoms with Gasteiger partial charge in [0.2, 0.25) is 11.8 Å². The molecule has 3 amide bonds. The maximum absolute atomic E-state index is 12.4. The van der Waals surface area contributed by atoms with Gasteiger partial charge in [-0.1, -0.05) is 43.7 Å². The molecular formula is C22H37ClN4O6S. The number of carbonyl (C=O) groups excluding carboxylic acids is 3. The third-order valence-corrected chi connectivity index (χ3v) is 5.75. The van der Waals surface area contributed by atoms with Crippen LogP contribution < -0.4 is 21.3 Å². The molecule has 34 heavy (non-hydrogen) atoms. The van der Waals surface area contributed by atoms with E-state index < -0.39 is 51.5 Å². The molecule has 194 valence electrons. The summed E-state index contributed by atoms with van der Waals surface area (Å²) in [5.74, 6) is -2.30. The quantitative estimate of drug-likeness (QED) is 0.231. The van der Waals surface area contributed by atoms with Gasteiger partial charge in [-0.15, -0.1) is 11.6 Å². The predicted molar refractivity (Wildman–Crippen MR) is 133 cm³/mol. The second kappa shape index (κ2) is 16.4. The molecule has 12 heteroatoms. The summed E-state index contributed by atoms with van der Waals surface area (Å²) >= 11 is 4.64. The second-order valence-corrected chi connectivity index (χ2v) is 9.88. The fraction of sp³-hybridized carbons (Fsp3) is 0.591. The van der Waals surface area contributed by atoms with Crippen molar-refractivity contribution in [1.29, 1.82) is 0 Å². The molecule has 10 nitrogen and oxygen atoms in total. The number of amides is 3. The van der Waals surface area contributed by atoms with E-state index in [0.29, 0.717) is 6.42 Å². The largest absolute Gasteiger partial charge is 0.381 e. The summed E-state index contributed by atoms with van der Waals surface area (Å²) in [5.41, 5.74) is 0.908. The first-order valence-electron chi connectivity index (χ1n) is 10.8. The fourth-order valence-electron chi connectivity index (χ4n) is 3.07. The highest BCUT2D eigenvalue weighted by Gasteiger charge is 2.30. The molecule has 3 unspecified atom stereocenters. The molecule has 1 aromatic carbocycles. The molecule has 0 saturated heterocycles. The number of alkyl halides is 1. The van der Waals surface area contributed by atoms with Crippen molar-refractivity contribution in [2.24, 2.45) is 0 Å². The van der Waals surface area contributed by atoms with E-state index in [2.05, 4.69) is 32.9 Å². The Labute approximate surface area is 207 Å². The number of nitrogens with one attached hydrogen (secondary N) is 4. The Balaban J connectivity index is 0.00000529. The lowest BCUT2D eigenvalue weighted by Crippen LogP contribution is -2.56. The summed E-state index contributed by atoms with van der Waals surface area (Å²) in [4.78, 5) is 37.0. The van der Waals surface area contributed by atoms with Crippen molar-refractivity contribution in [2.45, 2.75) is 50.9 Å². The number of halogens is 1. The fourth-order valence-corrected chi connectivity index (χ4v) is 3.99. The molecule has 0 spiro atoms. The Kier molecular flexibility index (Phi) is 15.4. The minimum absolute atomic E-state index is 0.258. The molecule has 1 rings (SSSR count). The molecule has 0 radical (unpaired) electrons. The van der Waals surface area contributed by atoms with E-state index in [1.54, 1.807) is 0 Å². The first kappa shape index (κ1) is 31.8. The van der Waals surface area contributed by atoms with Crippen molar-refractivity contribution < 1.29 is 27.9 Å². The highest BCUT2D eigenvalue weighted by molar-refractivity contribution is 7.90. The molecule has 0 aliphatic heterocycles. The van der Waals surface area contributed by atoms with Crippen molar-refractivity contribution >= 4 is 39.2 Å². The molecule has 0 heterocycles. The zero-order valence-corrected chi connectivity index (χ0v) is 21.9. The van der Waals surface area contributed by atoms with Gasteiger partial charge < -0.3 is 26.4 Å². The van der Waals surface area contributed by atoms with Crippen LogP contribution in [0, 0.1) is 0 Å². The zero-order chi connectivity index (χ0) is 26.3. The molecule has 0 fully saturated rings. The number of carbonyl (C=O) groups is 3. The smallest absolute Gasteiger partial charge is 0.251 e. The monoisotopic (exact) mass is 520 g/mol. The van der Waals surface area contributed by atoms with E-state index in [1.807, 2.05) is 44.2 Å². The Morgan fingerprint density at radius 1 is 1.06 bits per heavy atom. The Morgan fingerprint density at radius 2 is 1.65 bits per heavy atom. The normalized spacial score (nSPS) is 14.4. The standard InChI is InChI=1S/C21H34N4O6S.CH3Cl/c1-5-9-16(25-20(28)17(22-3)13-32(4,30)31)19(27)21(29)23-12-18(26)24-14(2)15-10-7-6-8-11-15;1-2/h6-8,10-11,14,16-17,19,22,27H,5,9,12-13H2,1-4H3,(H,23,29)(H,24,26)(H,25,28);1H3/t14-,16?,17?,19?;/m1./s1. The Hall–Kier alpha value is -2.21. The van der Waals surface area contributed by atoms with Gasteiger partial charge in [0.1, 0.15) is 15.9 Å². The van der Waals surface area contributed by atoms with Crippen molar-refractivity contribution in [2.75, 3.05) is 32.0 Å². The topological polar surface area (TPSA) is 154 Å². The zero-order valence-electron chi connectivity index (χ0n) is 20.3. The Morgan fingerprint density at radius 3 is 2.15 bits per heavy atom. The summed E-state index contributed by atoms with van der Waals surface area (Å²) in [6.45, 7) is 3.28. The molecule has 5 N–H and O–H groups in total. The summed E-state index contributed by atoms with van der Waals surface area (Å²) in [6, 6.07) is 7.09. The van der Waals surface area contributed by atoms with Gasteiger partial charge in [0.25, 0.3) is 5.91 Å². The van der Waals surface area contributed by atoms with Gasteiger partial charge in [-0.25, -0.2) is 8.42 Å². The maximum atomic E-state index is 12.4. The van der Waals surface area contributed by atoms with E-state index in [1.165, 1.54) is 13.4 Å². The first-order chi connectivity index (χ1) is 16.0. The maximum Gasteiger partial charge on any atom is 0.251 e. The number of aliphatic hydroxyl groups excluding tert-OH is 1. The van der Waals surface area contributed by atoms with Crippen LogP contribution in [0.2, 0.25) is 0 Å². The van der Waals surface area contributed by atoms with Gasteiger partial charge in [0.05, 0.1) is 24.4 Å². The molecule has 0 saturated carbocycles. The van der Waals surface area contributed by atoms with Gasteiger partial charge in [-0.3, -0.25) is 14.4 Å². The number of likely N-dealkylation sites (N-methyl/N-ethyl adjacent to an activating group) is 1.